The number of aliphatic hydroxyl groups excluding tert-OH is 5. The van der Waals surface area contributed by atoms with Gasteiger partial charge in [0.2, 0.25) is 0 Å². The zero-order chi connectivity index (χ0) is 65.3. The van der Waals surface area contributed by atoms with Crippen molar-refractivity contribution in [2.24, 2.45) is 0 Å². The second kappa shape index (κ2) is 25.7. The summed E-state index contributed by atoms with van der Waals surface area (Å²) in [6.07, 6.45) is -21.3. The molecule has 92 heavy (non-hydrogen) atoms. The van der Waals surface area contributed by atoms with Crippen LogP contribution in [0.25, 0.3) is 44.7 Å². The Morgan fingerprint density at radius 3 is 1.05 bits per heavy atom. The van der Waals surface area contributed by atoms with E-state index in [2.05, 4.69) is 59.8 Å². The molecule has 49 heteroatoms. The van der Waals surface area contributed by atoms with Crippen molar-refractivity contribution in [1.82, 2.24) is 78.1 Å². The van der Waals surface area contributed by atoms with Gasteiger partial charge in [-0.15, -0.1) is 0 Å². The third kappa shape index (κ3) is 13.2. The number of aliphatic hydroxyl groups is 5. The minimum absolute atomic E-state index is 0.00730. The maximum atomic E-state index is 14.1. The number of aromatic nitrogens is 16. The zero-order valence-corrected chi connectivity index (χ0v) is 50.2. The Labute approximate surface area is 512 Å². The highest BCUT2D eigenvalue weighted by molar-refractivity contribution is 7.53. The lowest BCUT2D eigenvalue weighted by Crippen LogP contribution is -2.37. The molecule has 498 valence electrons. The number of imidazole rings is 4. The molecule has 0 amide bonds. The Bertz CT molecular complexity index is 4210. The van der Waals surface area contributed by atoms with Crippen molar-refractivity contribution in [2.75, 3.05) is 68.4 Å². The van der Waals surface area contributed by atoms with Crippen molar-refractivity contribution in [2.45, 2.75) is 98.2 Å². The first-order valence-electron chi connectivity index (χ1n) is 26.8. The summed E-state index contributed by atoms with van der Waals surface area (Å²) in [7, 11) is -20.3. The van der Waals surface area contributed by atoms with Gasteiger partial charge in [-0.25, -0.2) is 64.4 Å². The quantitative estimate of drug-likeness (QED) is 0.0241. The average Bonchev–Trinajstić information content (AvgIpc) is 1.64. The van der Waals surface area contributed by atoms with Crippen LogP contribution < -0.4 is 22.9 Å². The van der Waals surface area contributed by atoms with Gasteiger partial charge in [-0.1, -0.05) is 0 Å². The van der Waals surface area contributed by atoms with Gasteiger partial charge in [0.05, 0.1) is 51.7 Å². The summed E-state index contributed by atoms with van der Waals surface area (Å²) in [6, 6.07) is 0. The van der Waals surface area contributed by atoms with E-state index in [1.54, 1.807) is 0 Å². The number of phosphoric acid groups is 1. The first kappa shape index (κ1) is 65.5. The van der Waals surface area contributed by atoms with Crippen LogP contribution >= 0.6 is 30.6 Å². The molecule has 4 fully saturated rings. The van der Waals surface area contributed by atoms with E-state index in [0.29, 0.717) is 0 Å². The number of ether oxygens (including phenoxy) is 7. The van der Waals surface area contributed by atoms with E-state index in [9.17, 15) is 68.3 Å². The molecule has 0 saturated carbocycles. The molecule has 0 spiro atoms. The van der Waals surface area contributed by atoms with Gasteiger partial charge < -0.3 is 106 Å². The van der Waals surface area contributed by atoms with Crippen molar-refractivity contribution >= 4 is 98.5 Å². The van der Waals surface area contributed by atoms with Crippen LogP contribution in [0.3, 0.4) is 0 Å². The lowest BCUT2D eigenvalue weighted by molar-refractivity contribution is -0.0671. The van der Waals surface area contributed by atoms with Gasteiger partial charge in [-0.3, -0.25) is 50.1 Å². The van der Waals surface area contributed by atoms with Crippen LogP contribution in [0.5, 0.6) is 0 Å². The molecule has 19 atom stereocenters. The van der Waals surface area contributed by atoms with Gasteiger partial charge in [-0.2, -0.15) is 0 Å². The van der Waals surface area contributed by atoms with Crippen molar-refractivity contribution in [3.05, 3.63) is 50.6 Å². The third-order valence-corrected chi connectivity index (χ3v) is 18.4. The summed E-state index contributed by atoms with van der Waals surface area (Å²) in [6.45, 7) is -3.12. The summed E-state index contributed by atoms with van der Waals surface area (Å²) in [5, 5.41) is 56.8. The zero-order valence-electron chi connectivity index (χ0n) is 46.7. The molecular formula is C43H56N20O25P4. The number of nitrogen functional groups attached to an aromatic ring is 4. The normalized spacial score (nSPS) is 30.7. The van der Waals surface area contributed by atoms with Crippen LogP contribution in [-0.2, 0) is 69.5 Å². The van der Waals surface area contributed by atoms with E-state index in [0.717, 1.165) is 53.4 Å². The summed E-state index contributed by atoms with van der Waals surface area (Å²) in [5.74, 6) is -0.245. The molecule has 18 N–H and O–H groups in total. The maximum Gasteiger partial charge on any atom is 0.472 e. The standard InChI is InChI=1S/C43H56N20O25P4/c44-32-20-36(52-5-48-32)60(9-56-20)40-28(68)24(64)16(82-40)1-79-14-90(72,73)87-30-27(67)19(85-42(30)62-11-58-22-34(46)50-7-54-38(22)62)4-81-92(76,77)88-31-26(66)18(84-43(31)63-12-59-23-35(47)51-8-55-39(23)63)3-80-15-91(74,75)86-29-25(65)17(2-78-13-89(69,70)71)83-41(29)61-10-57-21-33(45)49-6-53-37(21)61/h5-12,16-19,24-31,40-43,64-68H,1-4,13-15H2,(H,72,73)(H,74,75)(H,76,77)(H2,44,48,52)(H2,45,49,53)(H2,46,50,54)(H2,47,51,55)(H2,69,70,71)/t16-,17-,18-,19-,24-,25-,26-,27-,28-,29-,30-,31-,40-,41-,42-,43-/m1/s1. The Morgan fingerprint density at radius 1 is 0.391 bits per heavy atom. The smallest absolute Gasteiger partial charge is 0.387 e. The second-order valence-electron chi connectivity index (χ2n) is 21.0. The number of hydrogen-bond acceptors (Lipinski definition) is 36. The average molecular weight is 1380 g/mol. The molecule has 0 aliphatic carbocycles. The van der Waals surface area contributed by atoms with Crippen LogP contribution in [0.2, 0.25) is 0 Å². The summed E-state index contributed by atoms with van der Waals surface area (Å²) in [4.78, 5) is 101. The van der Waals surface area contributed by atoms with Crippen molar-refractivity contribution < 1.29 is 120 Å². The van der Waals surface area contributed by atoms with E-state index in [4.69, 9.17) is 74.2 Å². The maximum absolute atomic E-state index is 14.1. The van der Waals surface area contributed by atoms with E-state index >= 15 is 0 Å². The highest BCUT2D eigenvalue weighted by Crippen LogP contribution is 2.54. The van der Waals surface area contributed by atoms with Crippen LogP contribution in [0.4, 0.5) is 23.3 Å². The molecule has 12 rings (SSSR count). The summed E-state index contributed by atoms with van der Waals surface area (Å²) >= 11 is 0. The predicted molar refractivity (Wildman–Crippen MR) is 299 cm³/mol. The monoisotopic (exact) mass is 1380 g/mol. The van der Waals surface area contributed by atoms with Gasteiger partial charge in [0.1, 0.15) is 140 Å². The van der Waals surface area contributed by atoms with Crippen LogP contribution in [0.1, 0.15) is 24.9 Å². The van der Waals surface area contributed by atoms with Crippen LogP contribution in [0.15, 0.2) is 50.6 Å². The van der Waals surface area contributed by atoms with Gasteiger partial charge in [0.15, 0.2) is 70.8 Å². The molecule has 4 saturated heterocycles. The number of fused-ring (bicyclic) bond motifs is 4. The molecule has 0 aromatic carbocycles. The summed E-state index contributed by atoms with van der Waals surface area (Å²) < 4.78 is 120. The summed E-state index contributed by atoms with van der Waals surface area (Å²) in [5.41, 5.74) is 24.3. The third-order valence-electron chi connectivity index (χ3n) is 14.8. The highest BCUT2D eigenvalue weighted by atomic mass is 31.2. The number of nitrogens with zero attached hydrogens (tertiary/aromatic N) is 16. The molecule has 3 unspecified atom stereocenters. The topological polar surface area (TPSA) is 651 Å². The van der Waals surface area contributed by atoms with Crippen LogP contribution in [-0.4, -0.2) is 247 Å². The Kier molecular flexibility index (Phi) is 18.3. The number of nitrogens with two attached hydrogens (primary N) is 4. The van der Waals surface area contributed by atoms with Crippen molar-refractivity contribution in [3.8, 4) is 0 Å². The lowest BCUT2D eigenvalue weighted by Gasteiger charge is -2.25. The fourth-order valence-electron chi connectivity index (χ4n) is 10.6. The molecule has 0 radical (unpaired) electrons. The van der Waals surface area contributed by atoms with E-state index in [1.165, 1.54) is 15.5 Å². The van der Waals surface area contributed by atoms with E-state index in [-0.39, 0.29) is 67.9 Å². The van der Waals surface area contributed by atoms with Gasteiger partial charge in [-0.05, 0) is 0 Å². The molecule has 45 nitrogen and oxygen atoms in total. The van der Waals surface area contributed by atoms with Crippen LogP contribution in [0, 0.1) is 0 Å². The van der Waals surface area contributed by atoms with Gasteiger partial charge >= 0.3 is 30.6 Å². The second-order valence-corrected chi connectivity index (χ2v) is 27.4. The number of hydrogen-bond donors (Lipinski definition) is 14. The molecule has 4 aliphatic heterocycles. The largest absolute Gasteiger partial charge is 0.472 e. The fraction of sp³-hybridized carbons (Fsp3) is 0.535. The molecule has 4 aliphatic rings. The Hall–Kier alpha value is -6.52. The minimum Gasteiger partial charge on any atom is -0.387 e. The van der Waals surface area contributed by atoms with Crippen molar-refractivity contribution in [1.29, 1.82) is 0 Å². The molecule has 12 heterocycles. The number of rotatable bonds is 25. The van der Waals surface area contributed by atoms with E-state index < -0.39 is 174 Å². The minimum atomic E-state index is -5.55. The van der Waals surface area contributed by atoms with Gasteiger partial charge in [0.25, 0.3) is 0 Å². The first-order valence-corrected chi connectivity index (χ1v) is 33.7. The van der Waals surface area contributed by atoms with Crippen molar-refractivity contribution in [3.63, 3.8) is 0 Å². The molecule has 0 bridgehead atoms. The fourth-order valence-corrected chi connectivity index (χ4v) is 13.8. The molecular weight excluding hydrogens is 1320 g/mol. The first-order chi connectivity index (χ1) is 43.7. The highest BCUT2D eigenvalue weighted by Gasteiger charge is 2.54. The molecule has 8 aromatic rings. The lowest BCUT2D eigenvalue weighted by atomic mass is 10.1. The van der Waals surface area contributed by atoms with E-state index in [1.807, 2.05) is 0 Å². The predicted octanol–water partition coefficient (Wildman–Crippen LogP) is -4.19. The Morgan fingerprint density at radius 2 is 0.696 bits per heavy atom. The molecule has 8 aromatic heterocycles. The number of anilines is 4. The van der Waals surface area contributed by atoms with Gasteiger partial charge in [0, 0.05) is 0 Å². The number of phosphoric ester groups is 1. The Balaban J connectivity index is 0.722. The SMILES string of the molecule is Nc1ncnc2c1ncn2[C@@H]1O[C@H](COCP(=O)(O)O[C@@H]2[C@H](O)[C@@H](COP(=O)(O)O[C@@H]3[C@H](O)[C@@H](COCP(=O)(O)O[C@@H]4[C@H](O)[C@@H](COCP(=O)(O)O)O[C@H]4n4cnc5c(N)ncnc54)O[C@H]3n3cnc4c(N)ncnc43)O[C@H]2n2cnc3c(N)ncnc32)[C@@H](O)[C@H]1O.